The Morgan fingerprint density at radius 2 is 1.89 bits per heavy atom. The smallest absolute Gasteiger partial charge is 0.338 e. The minimum Gasteiger partial charge on any atom is -0.454 e. The molecule has 3 aromatic rings. The molecular weight excluding hydrogens is 380 g/mol. The van der Waals surface area contributed by atoms with Gasteiger partial charge in [-0.05, 0) is 56.2 Å². The average Bonchev–Trinajstić information content (AvgIpc) is 3.05. The minimum absolute atomic E-state index is 0.0129. The molecule has 0 spiro atoms. The third-order valence-electron chi connectivity index (χ3n) is 4.01. The van der Waals surface area contributed by atoms with E-state index in [9.17, 15) is 13.2 Å². The first-order valence-electron chi connectivity index (χ1n) is 8.54. The molecule has 0 saturated heterocycles. The van der Waals surface area contributed by atoms with E-state index < -0.39 is 16.0 Å². The predicted molar refractivity (Wildman–Crippen MR) is 104 cm³/mol. The summed E-state index contributed by atoms with van der Waals surface area (Å²) in [4.78, 5) is 12.3. The Balaban J connectivity index is 1.80. The molecule has 1 heterocycles. The maximum atomic E-state index is 12.8. The lowest BCUT2D eigenvalue weighted by molar-refractivity contribution is 0.0437. The molecule has 146 valence electrons. The normalized spacial score (nSPS) is 11.2. The van der Waals surface area contributed by atoms with E-state index in [2.05, 4.69) is 9.88 Å². The number of carbonyl (C=O) groups excluding carboxylic acids is 1. The number of aromatic nitrogens is 1. The summed E-state index contributed by atoms with van der Waals surface area (Å²) < 4.78 is 38.3. The summed E-state index contributed by atoms with van der Waals surface area (Å²) in [6, 6.07) is 13.1. The second kappa shape index (κ2) is 7.85. The first kappa shape index (κ1) is 19.6. The maximum absolute atomic E-state index is 12.8. The molecule has 3 rings (SSSR count). The van der Waals surface area contributed by atoms with Gasteiger partial charge in [-0.15, -0.1) is 0 Å². The standard InChI is InChI=1S/C20H20N2O5S/c1-13-5-4-6-17(9-13)22-28(24,25)19-11-16(8-7-14(19)2)20(23)26-12-18-10-15(3)21-27-18/h4-11,22H,12H2,1-3H3. The van der Waals surface area contributed by atoms with Gasteiger partial charge in [-0.1, -0.05) is 23.4 Å². The largest absolute Gasteiger partial charge is 0.454 e. The quantitative estimate of drug-likeness (QED) is 0.633. The van der Waals surface area contributed by atoms with Crippen LogP contribution in [0.1, 0.15) is 32.9 Å². The second-order valence-electron chi connectivity index (χ2n) is 6.47. The van der Waals surface area contributed by atoms with Gasteiger partial charge in [0.15, 0.2) is 12.4 Å². The highest BCUT2D eigenvalue weighted by Gasteiger charge is 2.20. The maximum Gasteiger partial charge on any atom is 0.338 e. The van der Waals surface area contributed by atoms with Crippen LogP contribution >= 0.6 is 0 Å². The van der Waals surface area contributed by atoms with Gasteiger partial charge in [0.1, 0.15) is 0 Å². The van der Waals surface area contributed by atoms with E-state index in [1.165, 1.54) is 12.1 Å². The third-order valence-corrected chi connectivity index (χ3v) is 5.53. The van der Waals surface area contributed by atoms with E-state index in [1.54, 1.807) is 44.2 Å². The van der Waals surface area contributed by atoms with Gasteiger partial charge in [0.25, 0.3) is 10.0 Å². The Morgan fingerprint density at radius 3 is 2.57 bits per heavy atom. The molecule has 0 aliphatic rings. The summed E-state index contributed by atoms with van der Waals surface area (Å²) in [7, 11) is -3.87. The van der Waals surface area contributed by atoms with Crippen LogP contribution in [0.2, 0.25) is 0 Å². The van der Waals surface area contributed by atoms with Crippen molar-refractivity contribution in [3.05, 3.63) is 76.7 Å². The lowest BCUT2D eigenvalue weighted by Gasteiger charge is -2.12. The number of nitrogens with one attached hydrogen (secondary N) is 1. The third kappa shape index (κ3) is 4.58. The molecule has 0 bridgehead atoms. The first-order valence-corrected chi connectivity index (χ1v) is 10.0. The lowest BCUT2D eigenvalue weighted by Crippen LogP contribution is -2.15. The van der Waals surface area contributed by atoms with E-state index in [-0.39, 0.29) is 17.1 Å². The number of nitrogens with zero attached hydrogens (tertiary/aromatic N) is 1. The monoisotopic (exact) mass is 400 g/mol. The highest BCUT2D eigenvalue weighted by molar-refractivity contribution is 7.92. The fourth-order valence-electron chi connectivity index (χ4n) is 2.64. The molecule has 28 heavy (non-hydrogen) atoms. The Hall–Kier alpha value is -3.13. The molecule has 0 unspecified atom stereocenters. The van der Waals surface area contributed by atoms with E-state index in [0.717, 1.165) is 5.56 Å². The number of carbonyl (C=O) groups is 1. The fraction of sp³-hybridized carbons (Fsp3) is 0.200. The number of aryl methyl sites for hydroxylation is 3. The van der Waals surface area contributed by atoms with Crippen molar-refractivity contribution in [2.75, 3.05) is 4.72 Å². The van der Waals surface area contributed by atoms with Gasteiger partial charge in [0.2, 0.25) is 0 Å². The summed E-state index contributed by atoms with van der Waals surface area (Å²) in [5, 5.41) is 3.72. The molecule has 0 radical (unpaired) electrons. The van der Waals surface area contributed by atoms with Crippen LogP contribution in [0.4, 0.5) is 5.69 Å². The highest BCUT2D eigenvalue weighted by atomic mass is 32.2. The van der Waals surface area contributed by atoms with Crippen LogP contribution in [0.5, 0.6) is 0 Å². The van der Waals surface area contributed by atoms with Crippen LogP contribution in [0.25, 0.3) is 0 Å². The molecular formula is C20H20N2O5S. The number of benzene rings is 2. The molecule has 7 nitrogen and oxygen atoms in total. The zero-order valence-corrected chi connectivity index (χ0v) is 16.5. The van der Waals surface area contributed by atoms with Crippen LogP contribution in [0, 0.1) is 20.8 Å². The zero-order valence-electron chi connectivity index (χ0n) is 15.7. The van der Waals surface area contributed by atoms with Crippen molar-refractivity contribution in [1.82, 2.24) is 5.16 Å². The summed E-state index contributed by atoms with van der Waals surface area (Å²) in [5.41, 5.74) is 2.70. The fourth-order valence-corrected chi connectivity index (χ4v) is 3.96. The molecule has 0 aliphatic heterocycles. The summed E-state index contributed by atoms with van der Waals surface area (Å²) >= 11 is 0. The Bertz CT molecular complexity index is 1120. The number of anilines is 1. The number of sulfonamides is 1. The number of rotatable bonds is 6. The van der Waals surface area contributed by atoms with Gasteiger partial charge in [-0.25, -0.2) is 13.2 Å². The van der Waals surface area contributed by atoms with Gasteiger partial charge in [-0.2, -0.15) is 0 Å². The summed E-state index contributed by atoms with van der Waals surface area (Å²) in [6.45, 7) is 5.21. The molecule has 2 aromatic carbocycles. The van der Waals surface area contributed by atoms with Crippen molar-refractivity contribution in [2.24, 2.45) is 0 Å². The molecule has 0 atom stereocenters. The molecule has 0 aliphatic carbocycles. The molecule has 8 heteroatoms. The van der Waals surface area contributed by atoms with Crippen LogP contribution in [-0.2, 0) is 21.4 Å². The molecule has 1 N–H and O–H groups in total. The molecule has 0 fully saturated rings. The summed E-state index contributed by atoms with van der Waals surface area (Å²) in [5.74, 6) is -0.243. The van der Waals surface area contributed by atoms with E-state index in [0.29, 0.717) is 22.7 Å². The number of esters is 1. The van der Waals surface area contributed by atoms with Crippen LogP contribution in [0.15, 0.2) is 57.9 Å². The topological polar surface area (TPSA) is 98.5 Å². The average molecular weight is 400 g/mol. The van der Waals surface area contributed by atoms with E-state index in [1.807, 2.05) is 13.0 Å². The van der Waals surface area contributed by atoms with Crippen molar-refractivity contribution in [3.8, 4) is 0 Å². The van der Waals surface area contributed by atoms with Gasteiger partial charge in [0.05, 0.1) is 16.2 Å². The van der Waals surface area contributed by atoms with Crippen LogP contribution in [0.3, 0.4) is 0 Å². The predicted octanol–water partition coefficient (Wildman–Crippen LogP) is 3.76. The second-order valence-corrected chi connectivity index (χ2v) is 8.12. The van der Waals surface area contributed by atoms with Crippen molar-refractivity contribution in [1.29, 1.82) is 0 Å². The van der Waals surface area contributed by atoms with Crippen molar-refractivity contribution >= 4 is 21.7 Å². The number of hydrogen-bond donors (Lipinski definition) is 1. The number of hydrogen-bond acceptors (Lipinski definition) is 6. The van der Waals surface area contributed by atoms with Crippen molar-refractivity contribution in [2.45, 2.75) is 32.3 Å². The van der Waals surface area contributed by atoms with E-state index in [4.69, 9.17) is 9.26 Å². The van der Waals surface area contributed by atoms with Crippen molar-refractivity contribution < 1.29 is 22.5 Å². The first-order chi connectivity index (χ1) is 13.2. The SMILES string of the molecule is Cc1cccc(NS(=O)(=O)c2cc(C(=O)OCc3cc(C)no3)ccc2C)c1. The Kier molecular flexibility index (Phi) is 5.51. The minimum atomic E-state index is -3.87. The van der Waals surface area contributed by atoms with Gasteiger partial charge in [-0.3, -0.25) is 4.72 Å². The Labute approximate surface area is 163 Å². The lowest BCUT2D eigenvalue weighted by atomic mass is 10.1. The zero-order chi connectivity index (χ0) is 20.3. The molecule has 0 amide bonds. The Morgan fingerprint density at radius 1 is 1.11 bits per heavy atom. The van der Waals surface area contributed by atoms with Crippen molar-refractivity contribution in [3.63, 3.8) is 0 Å². The van der Waals surface area contributed by atoms with E-state index >= 15 is 0 Å². The number of ether oxygens (including phenoxy) is 1. The molecule has 0 saturated carbocycles. The summed E-state index contributed by atoms with van der Waals surface area (Å²) in [6.07, 6.45) is 0. The highest BCUT2D eigenvalue weighted by Crippen LogP contribution is 2.22. The van der Waals surface area contributed by atoms with Crippen LogP contribution in [-0.4, -0.2) is 19.5 Å². The molecule has 1 aromatic heterocycles. The van der Waals surface area contributed by atoms with Crippen LogP contribution < -0.4 is 4.72 Å². The van der Waals surface area contributed by atoms with Gasteiger partial charge in [0, 0.05) is 11.8 Å². The van der Waals surface area contributed by atoms with Gasteiger partial charge >= 0.3 is 5.97 Å². The van der Waals surface area contributed by atoms with Gasteiger partial charge < -0.3 is 9.26 Å².